The summed E-state index contributed by atoms with van der Waals surface area (Å²) >= 11 is 6.89. The van der Waals surface area contributed by atoms with E-state index >= 15 is 0 Å². The summed E-state index contributed by atoms with van der Waals surface area (Å²) in [7, 11) is 0. The molecule has 0 saturated heterocycles. The van der Waals surface area contributed by atoms with Crippen LogP contribution in [0.4, 0.5) is 0 Å². The van der Waals surface area contributed by atoms with E-state index in [1.54, 1.807) is 0 Å². The zero-order chi connectivity index (χ0) is 9.97. The van der Waals surface area contributed by atoms with Gasteiger partial charge in [-0.1, -0.05) is 30.3 Å². The van der Waals surface area contributed by atoms with Crippen LogP contribution in [0.25, 0.3) is 0 Å². The molecule has 1 heterocycles. The van der Waals surface area contributed by atoms with Gasteiger partial charge in [0.25, 0.3) is 0 Å². The molecule has 0 unspecified atom stereocenters. The van der Waals surface area contributed by atoms with Crippen molar-refractivity contribution in [1.29, 1.82) is 0 Å². The minimum atomic E-state index is 0.871. The summed E-state index contributed by atoms with van der Waals surface area (Å²) in [6.07, 6.45) is 2.09. The van der Waals surface area contributed by atoms with Gasteiger partial charge in [-0.25, -0.2) is 0 Å². The van der Waals surface area contributed by atoms with Gasteiger partial charge in [-0.15, -0.1) is 0 Å². The Labute approximate surface area is 101 Å². The van der Waals surface area contributed by atoms with Gasteiger partial charge in [0, 0.05) is 12.7 Å². The zero-order valence-electron chi connectivity index (χ0n) is 7.53. The van der Waals surface area contributed by atoms with Gasteiger partial charge in [0.1, 0.15) is 11.3 Å². The summed E-state index contributed by atoms with van der Waals surface area (Å²) in [6.45, 7) is 1.81. The lowest BCUT2D eigenvalue weighted by molar-refractivity contribution is 0.344. The third-order valence-electron chi connectivity index (χ3n) is 2.06. The third kappa shape index (κ3) is 2.30. The lowest BCUT2D eigenvalue weighted by Crippen LogP contribution is -2.19. The Morgan fingerprint density at radius 3 is 2.50 bits per heavy atom. The first-order valence-corrected chi connectivity index (χ1v) is 5.84. The molecule has 0 amide bonds. The van der Waals surface area contributed by atoms with Gasteiger partial charge in [0.15, 0.2) is 0 Å². The highest BCUT2D eigenvalue weighted by Crippen LogP contribution is 2.25. The third-order valence-corrected chi connectivity index (χ3v) is 3.77. The molecule has 1 aliphatic rings. The number of rotatable bonds is 2. The molecular weight excluding hydrogens is 308 g/mol. The Kier molecular flexibility index (Phi) is 3.13. The number of halogens is 2. The highest BCUT2D eigenvalue weighted by Gasteiger charge is 2.16. The zero-order valence-corrected chi connectivity index (χ0v) is 10.7. The van der Waals surface area contributed by atoms with E-state index in [0.717, 1.165) is 17.8 Å². The molecule has 1 aromatic carbocycles. The van der Waals surface area contributed by atoms with Crippen molar-refractivity contribution in [3.8, 4) is 0 Å². The fourth-order valence-electron chi connectivity index (χ4n) is 1.39. The molecule has 2 nitrogen and oxygen atoms in total. The van der Waals surface area contributed by atoms with Crippen LogP contribution >= 0.6 is 32.1 Å². The average Bonchev–Trinajstić information content (AvgIpc) is 2.47. The van der Waals surface area contributed by atoms with Crippen LogP contribution in [0.15, 0.2) is 41.1 Å². The van der Waals surface area contributed by atoms with Crippen LogP contribution < -0.4 is 0 Å². The van der Waals surface area contributed by atoms with E-state index in [2.05, 4.69) is 67.4 Å². The Bertz CT molecular complexity index is 337. The maximum absolute atomic E-state index is 3.46. The summed E-state index contributed by atoms with van der Waals surface area (Å²) in [5.41, 5.74) is 1.33. The normalized spacial score (nSPS) is 16.0. The SMILES string of the molecule is BrC1=CN(Cc2ccccc2)CN1Br. The van der Waals surface area contributed by atoms with Crippen LogP contribution in [0, 0.1) is 0 Å². The molecule has 0 spiro atoms. The quantitative estimate of drug-likeness (QED) is 0.610. The molecule has 1 aromatic rings. The van der Waals surface area contributed by atoms with Gasteiger partial charge in [0.2, 0.25) is 0 Å². The first-order chi connectivity index (χ1) is 6.75. The summed E-state index contributed by atoms with van der Waals surface area (Å²) in [5, 5.41) is 0. The van der Waals surface area contributed by atoms with Crippen molar-refractivity contribution in [2.75, 3.05) is 6.67 Å². The molecule has 14 heavy (non-hydrogen) atoms. The molecule has 74 valence electrons. The van der Waals surface area contributed by atoms with E-state index in [-0.39, 0.29) is 0 Å². The summed E-state index contributed by atoms with van der Waals surface area (Å²) in [4.78, 5) is 2.23. The van der Waals surface area contributed by atoms with Crippen LogP contribution in [0.3, 0.4) is 0 Å². The Hall–Kier alpha value is -0.480. The first kappa shape index (κ1) is 10.1. The van der Waals surface area contributed by atoms with Crippen molar-refractivity contribution < 1.29 is 0 Å². The average molecular weight is 318 g/mol. The summed E-state index contributed by atoms with van der Waals surface area (Å²) in [5.74, 6) is 0. The molecule has 1 aliphatic heterocycles. The smallest absolute Gasteiger partial charge is 0.108 e. The Balaban J connectivity index is 2.01. The van der Waals surface area contributed by atoms with Crippen molar-refractivity contribution in [1.82, 2.24) is 8.83 Å². The summed E-state index contributed by atoms with van der Waals surface area (Å²) < 4.78 is 3.05. The second-order valence-electron chi connectivity index (χ2n) is 3.19. The first-order valence-electron chi connectivity index (χ1n) is 4.34. The van der Waals surface area contributed by atoms with Gasteiger partial charge in [0.05, 0.1) is 16.1 Å². The van der Waals surface area contributed by atoms with Crippen molar-refractivity contribution in [3.63, 3.8) is 0 Å². The van der Waals surface area contributed by atoms with Crippen LogP contribution in [0.1, 0.15) is 5.56 Å². The molecular formula is C10H10Br2N2. The molecule has 0 fully saturated rings. The van der Waals surface area contributed by atoms with E-state index in [9.17, 15) is 0 Å². The second-order valence-corrected chi connectivity index (χ2v) is 4.86. The van der Waals surface area contributed by atoms with Crippen LogP contribution in [0.5, 0.6) is 0 Å². The van der Waals surface area contributed by atoms with Gasteiger partial charge >= 0.3 is 0 Å². The topological polar surface area (TPSA) is 6.48 Å². The monoisotopic (exact) mass is 316 g/mol. The second kappa shape index (κ2) is 4.36. The standard InChI is InChI=1S/C10H10Br2N2/c11-10-7-13(8-14(10)12)6-9-4-2-1-3-5-9/h1-5,7H,6,8H2. The van der Waals surface area contributed by atoms with E-state index in [1.807, 2.05) is 9.99 Å². The van der Waals surface area contributed by atoms with Gasteiger partial charge in [-0.2, -0.15) is 0 Å². The van der Waals surface area contributed by atoms with Crippen molar-refractivity contribution >= 4 is 32.1 Å². The van der Waals surface area contributed by atoms with Crippen LogP contribution in [-0.4, -0.2) is 15.5 Å². The maximum Gasteiger partial charge on any atom is 0.108 e. The minimum Gasteiger partial charge on any atom is -0.352 e. The Morgan fingerprint density at radius 1 is 1.21 bits per heavy atom. The molecule has 0 atom stereocenters. The Morgan fingerprint density at radius 2 is 1.93 bits per heavy atom. The lowest BCUT2D eigenvalue weighted by Gasteiger charge is -2.16. The molecule has 0 aromatic heterocycles. The minimum absolute atomic E-state index is 0.871. The maximum atomic E-state index is 3.46. The molecule has 0 radical (unpaired) electrons. The fourth-order valence-corrected chi connectivity index (χ4v) is 2.18. The fraction of sp³-hybridized carbons (Fsp3) is 0.200. The number of nitrogens with zero attached hydrogens (tertiary/aromatic N) is 2. The largest absolute Gasteiger partial charge is 0.352 e. The summed E-state index contributed by atoms with van der Waals surface area (Å²) in [6, 6.07) is 10.4. The highest BCUT2D eigenvalue weighted by atomic mass is 79.9. The van der Waals surface area contributed by atoms with Crippen molar-refractivity contribution in [2.24, 2.45) is 0 Å². The number of benzene rings is 1. The highest BCUT2D eigenvalue weighted by molar-refractivity contribution is 9.13. The van der Waals surface area contributed by atoms with Crippen LogP contribution in [0.2, 0.25) is 0 Å². The van der Waals surface area contributed by atoms with E-state index < -0.39 is 0 Å². The van der Waals surface area contributed by atoms with Crippen molar-refractivity contribution in [2.45, 2.75) is 6.54 Å². The van der Waals surface area contributed by atoms with Gasteiger partial charge in [-0.3, -0.25) is 3.93 Å². The van der Waals surface area contributed by atoms with Crippen LogP contribution in [-0.2, 0) is 6.54 Å². The van der Waals surface area contributed by atoms with E-state index in [4.69, 9.17) is 0 Å². The van der Waals surface area contributed by atoms with Gasteiger partial charge < -0.3 is 4.90 Å². The predicted molar refractivity (Wildman–Crippen MR) is 64.6 cm³/mol. The van der Waals surface area contributed by atoms with Crippen molar-refractivity contribution in [3.05, 3.63) is 46.7 Å². The van der Waals surface area contributed by atoms with Gasteiger partial charge in [-0.05, 0) is 21.5 Å². The molecule has 0 saturated carbocycles. The molecule has 0 N–H and O–H groups in total. The molecule has 0 bridgehead atoms. The lowest BCUT2D eigenvalue weighted by atomic mass is 10.2. The number of hydrogen-bond acceptors (Lipinski definition) is 2. The molecule has 2 rings (SSSR count). The molecule has 0 aliphatic carbocycles. The van der Waals surface area contributed by atoms with E-state index in [1.165, 1.54) is 5.56 Å². The molecule has 4 heteroatoms. The predicted octanol–water partition coefficient (Wildman–Crippen LogP) is 3.27. The van der Waals surface area contributed by atoms with E-state index in [0.29, 0.717) is 0 Å². The number of hydrogen-bond donors (Lipinski definition) is 0.